The van der Waals surface area contributed by atoms with Gasteiger partial charge >= 0.3 is 11.5 Å². The third-order valence-corrected chi connectivity index (χ3v) is 3.44. The van der Waals surface area contributed by atoms with Crippen molar-refractivity contribution in [2.75, 3.05) is 0 Å². The monoisotopic (exact) mass is 276 g/mol. The number of oxazole rings is 1. The molecule has 7 nitrogen and oxygen atoms in total. The van der Waals surface area contributed by atoms with Crippen LogP contribution in [0.15, 0.2) is 20.2 Å². The van der Waals surface area contributed by atoms with Gasteiger partial charge in [0.2, 0.25) is 0 Å². The summed E-state index contributed by atoms with van der Waals surface area (Å²) >= 11 is 0. The van der Waals surface area contributed by atoms with E-state index in [1.165, 1.54) is 9.13 Å². The van der Waals surface area contributed by atoms with Crippen LogP contribution in [0.25, 0.3) is 17.0 Å². The van der Waals surface area contributed by atoms with Crippen molar-refractivity contribution in [1.82, 2.24) is 18.5 Å². The van der Waals surface area contributed by atoms with Gasteiger partial charge in [-0.2, -0.15) is 4.98 Å². The molecule has 0 aliphatic heterocycles. The molecule has 3 heterocycles. The van der Waals surface area contributed by atoms with E-state index < -0.39 is 0 Å². The molecule has 0 aliphatic rings. The number of unbranched alkanes of at least 4 members (excludes halogenated alkanes) is 1. The van der Waals surface area contributed by atoms with E-state index in [0.717, 1.165) is 12.8 Å². The van der Waals surface area contributed by atoms with Gasteiger partial charge in [-0.1, -0.05) is 13.3 Å². The maximum absolute atomic E-state index is 12.5. The summed E-state index contributed by atoms with van der Waals surface area (Å²) in [6, 6.07) is 0. The van der Waals surface area contributed by atoms with Crippen molar-refractivity contribution in [2.24, 2.45) is 7.05 Å². The van der Waals surface area contributed by atoms with Crippen LogP contribution in [0.1, 0.15) is 25.5 Å². The number of imidazole rings is 1. The van der Waals surface area contributed by atoms with E-state index in [1.807, 2.05) is 6.92 Å². The minimum absolute atomic E-state index is 0.315. The Labute approximate surface area is 114 Å². The molecule has 0 fully saturated rings. The molecule has 0 bridgehead atoms. The average Bonchev–Trinajstić information content (AvgIpc) is 2.92. The average molecular weight is 276 g/mol. The van der Waals surface area contributed by atoms with E-state index in [9.17, 15) is 9.59 Å². The number of aryl methyl sites for hydroxylation is 2. The standard InChI is InChI=1S/C13H16N4O3/c1-4-5-6-16-11(18)9-10(15(3)13(16)19)14-12-17(9)7-8(2)20-12/h7H,4-6H2,1-3H3. The Kier molecular flexibility index (Phi) is 2.77. The number of nitrogens with zero attached hydrogens (tertiary/aromatic N) is 4. The third-order valence-electron chi connectivity index (χ3n) is 3.44. The Bertz CT molecular complexity index is 910. The third kappa shape index (κ3) is 1.62. The Morgan fingerprint density at radius 3 is 2.80 bits per heavy atom. The van der Waals surface area contributed by atoms with Gasteiger partial charge in [0.25, 0.3) is 5.56 Å². The molecule has 7 heteroatoms. The van der Waals surface area contributed by atoms with Crippen molar-refractivity contribution < 1.29 is 4.42 Å². The van der Waals surface area contributed by atoms with Gasteiger partial charge in [0.1, 0.15) is 5.76 Å². The fraction of sp³-hybridized carbons (Fsp3) is 0.462. The van der Waals surface area contributed by atoms with Crippen molar-refractivity contribution in [1.29, 1.82) is 0 Å². The lowest BCUT2D eigenvalue weighted by atomic mass is 10.3. The summed E-state index contributed by atoms with van der Waals surface area (Å²) < 4.78 is 9.68. The van der Waals surface area contributed by atoms with Crippen LogP contribution in [0, 0.1) is 6.92 Å². The summed E-state index contributed by atoms with van der Waals surface area (Å²) in [6.07, 6.45) is 3.41. The highest BCUT2D eigenvalue weighted by Crippen LogP contribution is 2.14. The summed E-state index contributed by atoms with van der Waals surface area (Å²) in [6.45, 7) is 4.23. The van der Waals surface area contributed by atoms with Gasteiger partial charge in [0, 0.05) is 13.6 Å². The first-order valence-corrected chi connectivity index (χ1v) is 6.62. The van der Waals surface area contributed by atoms with E-state index in [-0.39, 0.29) is 11.2 Å². The van der Waals surface area contributed by atoms with Gasteiger partial charge in [-0.25, -0.2) is 4.79 Å². The zero-order chi connectivity index (χ0) is 14.4. The molecule has 0 saturated carbocycles. The van der Waals surface area contributed by atoms with Crippen molar-refractivity contribution in [3.63, 3.8) is 0 Å². The molecule has 3 aromatic heterocycles. The zero-order valence-electron chi connectivity index (χ0n) is 11.7. The molecule has 3 rings (SSSR count). The molecule has 0 radical (unpaired) electrons. The summed E-state index contributed by atoms with van der Waals surface area (Å²) in [5.74, 6) is 1.00. The van der Waals surface area contributed by atoms with Crippen LogP contribution in [0.4, 0.5) is 0 Å². The maximum Gasteiger partial charge on any atom is 0.332 e. The van der Waals surface area contributed by atoms with E-state index in [4.69, 9.17) is 4.42 Å². The van der Waals surface area contributed by atoms with E-state index in [1.54, 1.807) is 24.6 Å². The molecule has 0 aliphatic carbocycles. The number of hydrogen-bond acceptors (Lipinski definition) is 4. The van der Waals surface area contributed by atoms with Gasteiger partial charge in [0.15, 0.2) is 11.2 Å². The van der Waals surface area contributed by atoms with Gasteiger partial charge in [-0.05, 0) is 13.3 Å². The summed E-state index contributed by atoms with van der Waals surface area (Å²) in [7, 11) is 1.62. The highest BCUT2D eigenvalue weighted by Gasteiger charge is 2.18. The van der Waals surface area contributed by atoms with Gasteiger partial charge in [-0.3, -0.25) is 18.3 Å². The molecule has 0 aromatic carbocycles. The molecular weight excluding hydrogens is 260 g/mol. The highest BCUT2D eigenvalue weighted by molar-refractivity contribution is 5.74. The molecule has 20 heavy (non-hydrogen) atoms. The number of hydrogen-bond donors (Lipinski definition) is 0. The van der Waals surface area contributed by atoms with Crippen molar-refractivity contribution in [3.05, 3.63) is 32.8 Å². The second-order valence-electron chi connectivity index (χ2n) is 4.93. The Morgan fingerprint density at radius 1 is 1.35 bits per heavy atom. The van der Waals surface area contributed by atoms with Crippen molar-refractivity contribution in [2.45, 2.75) is 33.2 Å². The van der Waals surface area contributed by atoms with Crippen LogP contribution < -0.4 is 11.2 Å². The first-order chi connectivity index (χ1) is 9.54. The summed E-state index contributed by atoms with van der Waals surface area (Å²) in [4.78, 5) is 29.0. The second kappa shape index (κ2) is 4.36. The topological polar surface area (TPSA) is 74.4 Å². The summed E-state index contributed by atoms with van der Waals surface area (Å²) in [5, 5.41) is 0. The van der Waals surface area contributed by atoms with E-state index >= 15 is 0 Å². The number of aromatic nitrogens is 4. The molecule has 0 spiro atoms. The number of rotatable bonds is 3. The fourth-order valence-corrected chi connectivity index (χ4v) is 2.38. The molecule has 106 valence electrons. The lowest BCUT2D eigenvalue weighted by Gasteiger charge is -2.06. The molecular formula is C13H16N4O3. The summed E-state index contributed by atoms with van der Waals surface area (Å²) in [5.41, 5.74) is 0.0832. The van der Waals surface area contributed by atoms with Crippen molar-refractivity contribution in [3.8, 4) is 0 Å². The lowest BCUT2D eigenvalue weighted by molar-refractivity contribution is 0.561. The van der Waals surface area contributed by atoms with E-state index in [2.05, 4.69) is 4.98 Å². The van der Waals surface area contributed by atoms with Crippen LogP contribution in [0.2, 0.25) is 0 Å². The second-order valence-corrected chi connectivity index (χ2v) is 4.93. The van der Waals surface area contributed by atoms with Crippen LogP contribution >= 0.6 is 0 Å². The molecule has 0 atom stereocenters. The Hall–Kier alpha value is -2.31. The van der Waals surface area contributed by atoms with Crippen LogP contribution in [0.3, 0.4) is 0 Å². The molecule has 3 aromatic rings. The van der Waals surface area contributed by atoms with Crippen LogP contribution in [-0.2, 0) is 13.6 Å². The maximum atomic E-state index is 12.5. The molecule has 0 unspecified atom stereocenters. The zero-order valence-corrected chi connectivity index (χ0v) is 11.7. The molecule has 0 N–H and O–H groups in total. The fourth-order valence-electron chi connectivity index (χ4n) is 2.38. The molecule has 0 amide bonds. The lowest BCUT2D eigenvalue weighted by Crippen LogP contribution is -2.39. The van der Waals surface area contributed by atoms with Crippen molar-refractivity contribution >= 4 is 17.0 Å². The van der Waals surface area contributed by atoms with Gasteiger partial charge in [0.05, 0.1) is 6.20 Å². The minimum Gasteiger partial charge on any atom is -0.428 e. The predicted octanol–water partition coefficient (Wildman–Crippen LogP) is 1.05. The largest absolute Gasteiger partial charge is 0.428 e. The predicted molar refractivity (Wildman–Crippen MR) is 74.1 cm³/mol. The van der Waals surface area contributed by atoms with Crippen LogP contribution in [0.5, 0.6) is 0 Å². The quantitative estimate of drug-likeness (QED) is 0.716. The normalized spacial score (nSPS) is 11.8. The molecule has 0 saturated heterocycles. The highest BCUT2D eigenvalue weighted by atomic mass is 16.4. The smallest absolute Gasteiger partial charge is 0.332 e. The minimum atomic E-state index is -0.339. The Balaban J connectivity index is 2.44. The van der Waals surface area contributed by atoms with Crippen LogP contribution in [-0.4, -0.2) is 18.5 Å². The Morgan fingerprint density at radius 2 is 2.10 bits per heavy atom. The van der Waals surface area contributed by atoms with Gasteiger partial charge < -0.3 is 4.42 Å². The SMILES string of the molecule is CCCCn1c(=O)c2c(nc3oc(C)cn32)n(C)c1=O. The first kappa shape index (κ1) is 12.7. The number of fused-ring (bicyclic) bond motifs is 3. The first-order valence-electron chi connectivity index (χ1n) is 6.62. The van der Waals surface area contributed by atoms with Gasteiger partial charge in [-0.15, -0.1) is 0 Å². The van der Waals surface area contributed by atoms with E-state index in [0.29, 0.717) is 29.3 Å².